The van der Waals surface area contributed by atoms with E-state index in [1.807, 2.05) is 27.3 Å². The van der Waals surface area contributed by atoms with Crippen LogP contribution in [-0.2, 0) is 32.6 Å². The van der Waals surface area contributed by atoms with Crippen molar-refractivity contribution in [1.82, 2.24) is 19.0 Å². The Balaban J connectivity index is 0.000000143. The molecule has 2 aromatic carbocycles. The Labute approximate surface area is 384 Å². The number of carbonyl (C=O) groups excluding carboxylic acids is 2. The van der Waals surface area contributed by atoms with E-state index in [0.29, 0.717) is 12.1 Å². The summed E-state index contributed by atoms with van der Waals surface area (Å²) in [7, 11) is 2.20. The summed E-state index contributed by atoms with van der Waals surface area (Å²) >= 11 is 6.23. The largest absolute Gasteiger partial charge is 0.390 e. The predicted molar refractivity (Wildman–Crippen MR) is 250 cm³/mol. The second-order valence-electron chi connectivity index (χ2n) is 18.4. The van der Waals surface area contributed by atoms with E-state index >= 15 is 0 Å². The zero-order valence-corrected chi connectivity index (χ0v) is 40.0. The maximum Gasteiger partial charge on any atom is 0.260 e. The molecular formula is C46H67B2ClN4O8P2. The van der Waals surface area contributed by atoms with Crippen LogP contribution in [0.1, 0.15) is 115 Å². The molecule has 17 heteroatoms. The number of fused-ring (bicyclic) bond motifs is 2. The number of ether oxygens (including phenoxy) is 2. The number of rotatable bonds is 12. The van der Waals surface area contributed by atoms with E-state index in [9.17, 15) is 14.7 Å². The summed E-state index contributed by atoms with van der Waals surface area (Å²) in [4.78, 5) is 26.5. The van der Waals surface area contributed by atoms with Crippen molar-refractivity contribution in [1.29, 1.82) is 0 Å². The molecule has 0 aliphatic carbocycles. The molecule has 12 nitrogen and oxygen atoms in total. The van der Waals surface area contributed by atoms with E-state index in [-0.39, 0.29) is 66.4 Å². The number of halogens is 1. The Bertz CT molecular complexity index is 1760. The van der Waals surface area contributed by atoms with Gasteiger partial charge in [-0.2, -0.15) is 0 Å². The highest BCUT2D eigenvalue weighted by Gasteiger charge is 2.52. The normalized spacial score (nSPS) is 40.2. The maximum absolute atomic E-state index is 11.4. The molecule has 8 aliphatic heterocycles. The van der Waals surface area contributed by atoms with Crippen LogP contribution in [0.2, 0.25) is 0 Å². The van der Waals surface area contributed by atoms with Gasteiger partial charge in [-0.1, -0.05) is 88.4 Å². The molecule has 8 fully saturated rings. The molecule has 0 aromatic heterocycles. The van der Waals surface area contributed by atoms with Crippen molar-refractivity contribution < 1.29 is 37.7 Å². The summed E-state index contributed by atoms with van der Waals surface area (Å²) in [5, 5.41) is 9.99. The summed E-state index contributed by atoms with van der Waals surface area (Å²) in [6.45, 7) is 12.4. The molecule has 0 amide bonds. The van der Waals surface area contributed by atoms with Crippen molar-refractivity contribution >= 4 is 54.8 Å². The molecule has 1 N–H and O–H groups in total. The van der Waals surface area contributed by atoms with Gasteiger partial charge in [-0.3, -0.25) is 0 Å². The Kier molecular flexibility index (Phi) is 17.3. The van der Waals surface area contributed by atoms with E-state index in [1.54, 1.807) is 0 Å². The first-order chi connectivity index (χ1) is 30.7. The molecule has 10 rings (SSSR count). The lowest BCUT2D eigenvalue weighted by Gasteiger charge is -2.28. The van der Waals surface area contributed by atoms with Gasteiger partial charge < -0.3 is 47.4 Å². The molecule has 342 valence electrons. The zero-order valence-electron chi connectivity index (χ0n) is 37.4. The fourth-order valence-electron chi connectivity index (χ4n) is 10.8. The van der Waals surface area contributed by atoms with Gasteiger partial charge in [0.15, 0.2) is 0 Å². The fourth-order valence-corrected chi connectivity index (χ4v) is 15.0. The van der Waals surface area contributed by atoms with Gasteiger partial charge in [0.2, 0.25) is 22.5 Å². The van der Waals surface area contributed by atoms with Gasteiger partial charge in [-0.25, -0.2) is 9.34 Å². The topological polar surface area (TPSA) is 113 Å². The lowest BCUT2D eigenvalue weighted by molar-refractivity contribution is -0.111. The van der Waals surface area contributed by atoms with E-state index in [1.165, 1.54) is 30.4 Å². The summed E-state index contributed by atoms with van der Waals surface area (Å²) in [5.41, 5.74) is 2.51. The Hall–Kier alpha value is -1.34. The minimum atomic E-state index is -1.09. The minimum absolute atomic E-state index is 0.00335. The first-order valence-corrected chi connectivity index (χ1v) is 27.0. The average molecular weight is 923 g/mol. The molecule has 16 atom stereocenters. The van der Waals surface area contributed by atoms with Gasteiger partial charge in [0.1, 0.15) is 24.8 Å². The Morgan fingerprint density at radius 1 is 0.698 bits per heavy atom. The van der Waals surface area contributed by atoms with Crippen LogP contribution in [0.25, 0.3) is 0 Å². The number of hydrogen-bond donors (Lipinski definition) is 1. The maximum atomic E-state index is 11.4. The van der Waals surface area contributed by atoms with Gasteiger partial charge in [-0.05, 0) is 99.7 Å². The number of carbonyl (C=O) groups is 2. The number of nitrogens with zero attached hydrogens (tertiary/aromatic N) is 4. The lowest BCUT2D eigenvalue weighted by atomic mass is 9.74. The van der Waals surface area contributed by atoms with Gasteiger partial charge >= 0.3 is 0 Å². The molecule has 8 aliphatic rings. The van der Waals surface area contributed by atoms with Gasteiger partial charge in [-0.15, -0.1) is 0 Å². The van der Waals surface area contributed by atoms with E-state index in [4.69, 9.17) is 34.3 Å². The van der Waals surface area contributed by atoms with E-state index in [2.05, 4.69) is 94.8 Å². The highest BCUT2D eigenvalue weighted by atomic mass is 35.7. The lowest BCUT2D eigenvalue weighted by Crippen LogP contribution is -2.42. The number of benzene rings is 2. The quantitative estimate of drug-likeness (QED) is 0.127. The third-order valence-electron chi connectivity index (χ3n) is 14.5. The molecule has 0 saturated carbocycles. The first-order valence-electron chi connectivity index (χ1n) is 23.7. The van der Waals surface area contributed by atoms with Gasteiger partial charge in [0, 0.05) is 37.0 Å². The Morgan fingerprint density at radius 3 is 1.73 bits per heavy atom. The molecule has 2 radical (unpaired) electrons. The number of aliphatic hydroxyl groups excluding tert-OH is 1. The van der Waals surface area contributed by atoms with Crippen LogP contribution in [0.15, 0.2) is 60.7 Å². The van der Waals surface area contributed by atoms with Crippen LogP contribution in [-0.4, -0.2) is 138 Å². The highest BCUT2D eigenvalue weighted by Crippen LogP contribution is 2.63. The van der Waals surface area contributed by atoms with Crippen LogP contribution in [0.4, 0.5) is 0 Å². The van der Waals surface area contributed by atoms with Crippen molar-refractivity contribution in [2.24, 2.45) is 11.8 Å². The monoisotopic (exact) mass is 922 g/mol. The van der Waals surface area contributed by atoms with Crippen LogP contribution in [0, 0.1) is 11.8 Å². The molecule has 8 unspecified atom stereocenters. The molecular weight excluding hydrogens is 856 g/mol. The predicted octanol–water partition coefficient (Wildman–Crippen LogP) is 7.98. The highest BCUT2D eigenvalue weighted by molar-refractivity contribution is 7.78. The zero-order chi connectivity index (χ0) is 44.0. The van der Waals surface area contributed by atoms with Crippen molar-refractivity contribution in [2.75, 3.05) is 26.2 Å². The summed E-state index contributed by atoms with van der Waals surface area (Å²) in [6.07, 6.45) is 12.5. The van der Waals surface area contributed by atoms with E-state index < -0.39 is 22.3 Å². The smallest absolute Gasteiger partial charge is 0.260 e. The average Bonchev–Trinajstić information content (AvgIpc) is 4.19. The van der Waals surface area contributed by atoms with Crippen LogP contribution in [0.3, 0.4) is 0 Å². The molecule has 63 heavy (non-hydrogen) atoms. The second kappa shape index (κ2) is 22.6. The minimum Gasteiger partial charge on any atom is -0.390 e. The number of aliphatic hydroxyl groups is 1. The van der Waals surface area contributed by atoms with Crippen molar-refractivity contribution in [3.63, 3.8) is 0 Å². The third-order valence-corrected chi connectivity index (χ3v) is 18.4. The SMILES string of the molecule is CCC1OC([B]N2CCC[C@H]2C=O)C(C)[C@H]1O.CCC1OC([B]N2CCC[C@H]2C=O)C(C)[C@H]1OP1O[C@H](c2ccccc2)[C@@H]2CCCN21.ClP1O[C@H](c2ccccc2)[C@@H]2CCCN21. The summed E-state index contributed by atoms with van der Waals surface area (Å²) < 4.78 is 36.2. The molecule has 0 spiro atoms. The summed E-state index contributed by atoms with van der Waals surface area (Å²) in [6, 6.07) is 21.8. The van der Waals surface area contributed by atoms with E-state index in [0.717, 1.165) is 83.7 Å². The summed E-state index contributed by atoms with van der Waals surface area (Å²) in [5.74, 6) is 0.327. The standard InChI is InChI=1S/C23H33BN2O4P.C12H21BNO3.C11H13ClNOP/c1-3-20-21(16(2)23(28-20)24-25-13-7-11-18(25)15-27)29-31-26-14-8-12-19(26)22(30-31)17-9-5-4-6-10-17;1-3-10-11(16)8(2)12(17-10)13-14-6-4-5-9(14)7-15;12-15-13-8-4-7-10(13)11(14-15)9-5-2-1-3-6-9/h4-6,9-10,15-16,18-23H,3,7-8,11-14H2,1-2H3;7-12,16H,3-6H2,1-2H3;1-3,5-6,10-11H,4,7-8H2/t16?,18-,19-,20?,21+,22+,23?,31?;8?,9-,10?,11+,12?;10-,11+,15?/m000/s1. The molecule has 2 aromatic rings. The van der Waals surface area contributed by atoms with Gasteiger partial charge in [0.25, 0.3) is 8.53 Å². The molecule has 0 bridgehead atoms. The van der Waals surface area contributed by atoms with Crippen LogP contribution < -0.4 is 0 Å². The van der Waals surface area contributed by atoms with Crippen molar-refractivity contribution in [2.45, 2.75) is 165 Å². The Morgan fingerprint density at radius 2 is 1.19 bits per heavy atom. The first kappa shape index (κ1) is 48.1. The third kappa shape index (κ3) is 10.9. The van der Waals surface area contributed by atoms with Crippen LogP contribution in [0.5, 0.6) is 0 Å². The van der Waals surface area contributed by atoms with Crippen molar-refractivity contribution in [3.8, 4) is 0 Å². The van der Waals surface area contributed by atoms with Crippen molar-refractivity contribution in [3.05, 3.63) is 71.8 Å². The fraction of sp³-hybridized carbons (Fsp3) is 0.696. The molecule has 8 saturated heterocycles. The van der Waals surface area contributed by atoms with Gasteiger partial charge in [0.05, 0.1) is 48.5 Å². The van der Waals surface area contributed by atoms with Crippen LogP contribution >= 0.6 is 27.4 Å². The number of aldehydes is 2. The second-order valence-corrected chi connectivity index (χ2v) is 21.9. The number of hydrogen-bond acceptors (Lipinski definition) is 12. The molecule has 8 heterocycles.